The molecule has 1 aliphatic heterocycles. The van der Waals surface area contributed by atoms with Gasteiger partial charge in [0.2, 0.25) is 5.91 Å². The number of ketones is 1. The predicted octanol–water partition coefficient (Wildman–Crippen LogP) is 6.07. The lowest BCUT2D eigenvalue weighted by Crippen LogP contribution is -2.52. The van der Waals surface area contributed by atoms with E-state index in [1.807, 2.05) is 72.9 Å². The molecule has 2 heterocycles. The van der Waals surface area contributed by atoms with Crippen LogP contribution in [0, 0.1) is 0 Å². The Balaban J connectivity index is 1.40. The Morgan fingerprint density at radius 1 is 0.818 bits per heavy atom. The molecule has 0 saturated carbocycles. The maximum atomic E-state index is 14.0. The Bertz CT molecular complexity index is 1700. The Kier molecular flexibility index (Phi) is 9.18. The number of aromatic nitrogens is 1. The summed E-state index contributed by atoms with van der Waals surface area (Å²) in [5.41, 5.74) is 6.85. The van der Waals surface area contributed by atoms with E-state index in [1.165, 1.54) is 5.56 Å². The van der Waals surface area contributed by atoms with E-state index < -0.39 is 12.1 Å². The molecule has 6 rings (SSSR count). The summed E-state index contributed by atoms with van der Waals surface area (Å²) in [6.07, 6.45) is 5.74. The van der Waals surface area contributed by atoms with Crippen LogP contribution in [0.25, 0.3) is 10.9 Å². The quantitative estimate of drug-likeness (QED) is 0.164. The van der Waals surface area contributed by atoms with Crippen LogP contribution in [0.1, 0.15) is 45.5 Å². The summed E-state index contributed by atoms with van der Waals surface area (Å²) in [6.45, 7) is 0.486. The highest BCUT2D eigenvalue weighted by Gasteiger charge is 2.32. The summed E-state index contributed by atoms with van der Waals surface area (Å²) in [5.74, 6) is -0.0176. The number of carbonyl (C=O) groups excluding carboxylic acids is 2. The smallest absolute Gasteiger partial charge is 0.243 e. The van der Waals surface area contributed by atoms with E-state index in [0.29, 0.717) is 37.8 Å². The van der Waals surface area contributed by atoms with Crippen molar-refractivity contribution in [2.24, 2.45) is 0 Å². The molecule has 0 radical (unpaired) electrons. The van der Waals surface area contributed by atoms with Crippen molar-refractivity contribution in [3.05, 3.63) is 137 Å². The van der Waals surface area contributed by atoms with E-state index >= 15 is 0 Å². The minimum Gasteiger partial charge on any atom is -0.394 e. The fourth-order valence-corrected chi connectivity index (χ4v) is 6.42. The summed E-state index contributed by atoms with van der Waals surface area (Å²) in [7, 11) is 0. The van der Waals surface area contributed by atoms with E-state index in [-0.39, 0.29) is 18.3 Å². The highest BCUT2D eigenvalue weighted by molar-refractivity contribution is 6.11. The van der Waals surface area contributed by atoms with Gasteiger partial charge in [-0.3, -0.25) is 9.59 Å². The average Bonchev–Trinajstić information content (AvgIpc) is 3.50. The first-order valence-corrected chi connectivity index (χ1v) is 15.6. The molecule has 1 amide bonds. The van der Waals surface area contributed by atoms with Crippen LogP contribution in [0.5, 0.6) is 0 Å². The summed E-state index contributed by atoms with van der Waals surface area (Å²) in [4.78, 5) is 33.3. The zero-order valence-electron chi connectivity index (χ0n) is 24.9. The first-order chi connectivity index (χ1) is 21.6. The predicted molar refractivity (Wildman–Crippen MR) is 176 cm³/mol. The third-order valence-electron chi connectivity index (χ3n) is 8.68. The van der Waals surface area contributed by atoms with Crippen molar-refractivity contribution < 1.29 is 14.7 Å². The molecule has 4 aromatic carbocycles. The van der Waals surface area contributed by atoms with E-state index in [2.05, 4.69) is 51.6 Å². The summed E-state index contributed by atoms with van der Waals surface area (Å²) in [5, 5.41) is 14.4. The first-order valence-electron chi connectivity index (χ1n) is 15.6. The number of nitrogens with one attached hydrogen (secondary N) is 2. The standard InChI is InChI=1S/C38H39N3O3/c42-26-31-24-30-25-39-37-32(35(43)21-18-28-13-6-2-7-14-28)19-20-33(36(30)37)41(22-10-17-27-11-4-1-5-12-27)34(38(44)40-31)23-29-15-8-3-9-16-29/h1-9,11-16,19-20,25,31,34,39,42H,10,17-18,21-24,26H2,(H,40,44)/t31-,34-/m0/s1. The number of aromatic amines is 1. The highest BCUT2D eigenvalue weighted by Crippen LogP contribution is 2.36. The summed E-state index contributed by atoms with van der Waals surface area (Å²) < 4.78 is 0. The summed E-state index contributed by atoms with van der Waals surface area (Å²) in [6, 6.07) is 33.6. The molecule has 2 atom stereocenters. The Labute approximate surface area is 258 Å². The van der Waals surface area contributed by atoms with E-state index in [0.717, 1.165) is 46.1 Å². The number of carbonyl (C=O) groups is 2. The molecule has 5 aromatic rings. The average molecular weight is 586 g/mol. The first kappa shape index (κ1) is 29.4. The Morgan fingerprint density at radius 2 is 1.45 bits per heavy atom. The van der Waals surface area contributed by atoms with Crippen molar-refractivity contribution in [1.29, 1.82) is 0 Å². The molecule has 1 aliphatic rings. The minimum atomic E-state index is -0.495. The lowest BCUT2D eigenvalue weighted by Gasteiger charge is -2.34. The van der Waals surface area contributed by atoms with Gasteiger partial charge in [0.05, 0.1) is 18.2 Å². The third kappa shape index (κ3) is 6.61. The van der Waals surface area contributed by atoms with Crippen molar-refractivity contribution in [3.8, 4) is 0 Å². The van der Waals surface area contributed by atoms with Crippen LogP contribution in [0.3, 0.4) is 0 Å². The monoisotopic (exact) mass is 585 g/mol. The van der Waals surface area contributed by atoms with Gasteiger partial charge in [-0.05, 0) is 60.1 Å². The number of hydrogen-bond donors (Lipinski definition) is 3. The van der Waals surface area contributed by atoms with Crippen LogP contribution in [-0.4, -0.2) is 47.0 Å². The maximum absolute atomic E-state index is 14.0. The van der Waals surface area contributed by atoms with Gasteiger partial charge >= 0.3 is 0 Å². The van der Waals surface area contributed by atoms with Crippen LogP contribution >= 0.6 is 0 Å². The number of Topliss-reactive ketones (excluding diaryl/α,β-unsaturated/α-hetero) is 1. The number of nitrogens with zero attached hydrogens (tertiary/aromatic N) is 1. The Morgan fingerprint density at radius 3 is 2.11 bits per heavy atom. The molecule has 3 N–H and O–H groups in total. The second-order valence-corrected chi connectivity index (χ2v) is 11.7. The van der Waals surface area contributed by atoms with Crippen LogP contribution in [0.2, 0.25) is 0 Å². The third-order valence-corrected chi connectivity index (χ3v) is 8.68. The molecule has 0 spiro atoms. The van der Waals surface area contributed by atoms with Crippen molar-refractivity contribution in [2.75, 3.05) is 18.1 Å². The number of aliphatic hydroxyl groups excluding tert-OH is 1. The second kappa shape index (κ2) is 13.7. The molecule has 1 aromatic heterocycles. The fraction of sp³-hybridized carbons (Fsp3) is 0.263. The molecule has 0 bridgehead atoms. The van der Waals surface area contributed by atoms with Crippen LogP contribution in [-0.2, 0) is 30.5 Å². The van der Waals surface area contributed by atoms with Gasteiger partial charge in [0.25, 0.3) is 0 Å². The minimum absolute atomic E-state index is 0.0815. The van der Waals surface area contributed by atoms with Crippen molar-refractivity contribution in [2.45, 2.75) is 50.6 Å². The van der Waals surface area contributed by atoms with Crippen LogP contribution in [0.4, 0.5) is 5.69 Å². The van der Waals surface area contributed by atoms with Gasteiger partial charge in [0.15, 0.2) is 5.78 Å². The van der Waals surface area contributed by atoms with Gasteiger partial charge in [-0.25, -0.2) is 0 Å². The van der Waals surface area contributed by atoms with Gasteiger partial charge in [-0.15, -0.1) is 0 Å². The molecular formula is C38H39N3O3. The molecule has 6 heteroatoms. The zero-order chi connectivity index (χ0) is 30.3. The molecular weight excluding hydrogens is 546 g/mol. The SMILES string of the molecule is O=C(CCc1ccccc1)c1ccc2c3c(c[nH]c13)C[C@@H](CO)NC(=O)[C@H](Cc1ccccc1)N2CCCc1ccccc1. The molecule has 0 unspecified atom stereocenters. The van der Waals surface area contributed by atoms with E-state index in [4.69, 9.17) is 0 Å². The lowest BCUT2D eigenvalue weighted by molar-refractivity contribution is -0.123. The number of aliphatic hydroxyl groups is 1. The second-order valence-electron chi connectivity index (χ2n) is 11.7. The van der Waals surface area contributed by atoms with Crippen molar-refractivity contribution in [1.82, 2.24) is 10.3 Å². The number of amides is 1. The fourth-order valence-electron chi connectivity index (χ4n) is 6.42. The molecule has 224 valence electrons. The lowest BCUT2D eigenvalue weighted by atomic mass is 9.96. The number of hydrogen-bond acceptors (Lipinski definition) is 4. The zero-order valence-corrected chi connectivity index (χ0v) is 24.9. The summed E-state index contributed by atoms with van der Waals surface area (Å²) >= 11 is 0. The number of rotatable bonds is 11. The molecule has 44 heavy (non-hydrogen) atoms. The molecule has 0 saturated heterocycles. The molecule has 0 aliphatic carbocycles. The van der Waals surface area contributed by atoms with Gasteiger partial charge in [0.1, 0.15) is 6.04 Å². The number of anilines is 1. The number of H-pyrrole nitrogens is 1. The highest BCUT2D eigenvalue weighted by atomic mass is 16.3. The van der Waals surface area contributed by atoms with Gasteiger partial charge in [-0.2, -0.15) is 0 Å². The molecule has 6 nitrogen and oxygen atoms in total. The topological polar surface area (TPSA) is 85.4 Å². The molecule has 0 fully saturated rings. The van der Waals surface area contributed by atoms with Crippen LogP contribution < -0.4 is 10.2 Å². The van der Waals surface area contributed by atoms with E-state index in [9.17, 15) is 14.7 Å². The number of benzene rings is 4. The largest absolute Gasteiger partial charge is 0.394 e. The van der Waals surface area contributed by atoms with Crippen molar-refractivity contribution in [3.63, 3.8) is 0 Å². The van der Waals surface area contributed by atoms with Crippen molar-refractivity contribution >= 4 is 28.3 Å². The van der Waals surface area contributed by atoms with Crippen LogP contribution in [0.15, 0.2) is 109 Å². The number of aryl methyl sites for hydroxylation is 2. The van der Waals surface area contributed by atoms with E-state index in [1.54, 1.807) is 0 Å². The van der Waals surface area contributed by atoms with Gasteiger partial charge in [0, 0.05) is 42.2 Å². The normalized spacial score (nSPS) is 16.7. The maximum Gasteiger partial charge on any atom is 0.243 e. The van der Waals surface area contributed by atoms with Gasteiger partial charge < -0.3 is 20.3 Å². The van der Waals surface area contributed by atoms with Gasteiger partial charge in [-0.1, -0.05) is 91.0 Å². The Hall–Kier alpha value is -4.68.